The lowest BCUT2D eigenvalue weighted by molar-refractivity contribution is 0.0689. The molecule has 2 aromatic rings. The number of carboxylic acids is 1. The summed E-state index contributed by atoms with van der Waals surface area (Å²) in [5, 5.41) is 10.1. The number of pyridine rings is 1. The fraction of sp³-hybridized carbons (Fsp3) is 0.0769. The normalized spacial score (nSPS) is 10.4. The Morgan fingerprint density at radius 3 is 2.63 bits per heavy atom. The molecule has 19 heavy (non-hydrogen) atoms. The van der Waals surface area contributed by atoms with Gasteiger partial charge in [0.1, 0.15) is 5.03 Å². The number of nitrogens with zero attached hydrogens (tertiary/aromatic N) is 1. The van der Waals surface area contributed by atoms with Crippen LogP contribution in [0.1, 0.15) is 10.4 Å². The fourth-order valence-electron chi connectivity index (χ4n) is 1.53. The highest BCUT2D eigenvalue weighted by Crippen LogP contribution is 2.36. The highest BCUT2D eigenvalue weighted by Gasteiger charge is 2.17. The summed E-state index contributed by atoms with van der Waals surface area (Å²) in [6, 6.07) is 9.18. The summed E-state index contributed by atoms with van der Waals surface area (Å²) in [5.74, 6) is -0.917. The first-order chi connectivity index (χ1) is 9.13. The van der Waals surface area contributed by atoms with Gasteiger partial charge in [-0.15, -0.1) is 11.8 Å². The van der Waals surface area contributed by atoms with E-state index < -0.39 is 5.97 Å². The number of aromatic nitrogens is 1. The van der Waals surface area contributed by atoms with E-state index in [0.29, 0.717) is 10.5 Å². The van der Waals surface area contributed by atoms with Gasteiger partial charge in [0.05, 0.1) is 10.0 Å². The van der Waals surface area contributed by atoms with Gasteiger partial charge in [-0.2, -0.15) is 0 Å². The molecule has 0 atom stereocenters. The number of hydrogen-bond donors (Lipinski definition) is 1. The molecule has 0 unspecified atom stereocenters. The maximum atomic E-state index is 11.4. The number of hydrogen-bond acceptors (Lipinski definition) is 4. The van der Waals surface area contributed by atoms with Crippen molar-refractivity contribution in [1.29, 1.82) is 0 Å². The van der Waals surface area contributed by atoms with Crippen molar-refractivity contribution >= 4 is 45.4 Å². The monoisotopic (exact) mass is 355 g/mol. The Balaban J connectivity index is 2.46. The third-order valence-corrected chi connectivity index (χ3v) is 5.11. The first-order valence-electron chi connectivity index (χ1n) is 5.32. The first-order valence-corrected chi connectivity index (χ1v) is 8.15. The van der Waals surface area contributed by atoms with Crippen molar-refractivity contribution in [2.45, 2.75) is 14.8 Å². The summed E-state index contributed by atoms with van der Waals surface area (Å²) < 4.78 is 0.853. The van der Waals surface area contributed by atoms with Gasteiger partial charge in [-0.3, -0.25) is 0 Å². The Labute approximate surface area is 128 Å². The molecule has 0 amide bonds. The summed E-state index contributed by atoms with van der Waals surface area (Å²) in [6.45, 7) is 0. The van der Waals surface area contributed by atoms with Crippen molar-refractivity contribution in [3.63, 3.8) is 0 Å². The zero-order chi connectivity index (χ0) is 13.8. The van der Waals surface area contributed by atoms with Gasteiger partial charge < -0.3 is 5.11 Å². The minimum absolute atomic E-state index is 0.331. The predicted octanol–water partition coefficient (Wildman–Crippen LogP) is 4.42. The quantitative estimate of drug-likeness (QED) is 0.822. The second-order valence-electron chi connectivity index (χ2n) is 3.53. The van der Waals surface area contributed by atoms with Crippen LogP contribution >= 0.6 is 39.5 Å². The lowest BCUT2D eigenvalue weighted by Crippen LogP contribution is -2.01. The predicted molar refractivity (Wildman–Crippen MR) is 81.2 cm³/mol. The Kier molecular flexibility index (Phi) is 4.90. The zero-order valence-corrected chi connectivity index (χ0v) is 13.2. The molecule has 1 aromatic carbocycles. The Bertz CT molecular complexity index is 619. The van der Waals surface area contributed by atoms with Gasteiger partial charge in [-0.1, -0.05) is 17.8 Å². The fourth-order valence-corrected chi connectivity index (χ4v) is 3.64. The van der Waals surface area contributed by atoms with Crippen molar-refractivity contribution in [3.05, 3.63) is 46.6 Å². The van der Waals surface area contributed by atoms with Gasteiger partial charge in [-0.25, -0.2) is 9.78 Å². The van der Waals surface area contributed by atoms with Crippen LogP contribution in [0, 0.1) is 0 Å². The molecule has 0 bridgehead atoms. The molecule has 0 spiro atoms. The summed E-state index contributed by atoms with van der Waals surface area (Å²) >= 11 is 6.19. The van der Waals surface area contributed by atoms with Gasteiger partial charge in [0.2, 0.25) is 0 Å². The van der Waals surface area contributed by atoms with E-state index in [2.05, 4.69) is 20.9 Å². The molecule has 6 heteroatoms. The number of thioether (sulfide) groups is 1. The third-order valence-electron chi connectivity index (χ3n) is 2.35. The van der Waals surface area contributed by atoms with Crippen molar-refractivity contribution in [3.8, 4) is 0 Å². The largest absolute Gasteiger partial charge is 0.478 e. The van der Waals surface area contributed by atoms with Crippen molar-refractivity contribution in [1.82, 2.24) is 4.98 Å². The molecule has 0 saturated carbocycles. The average Bonchev–Trinajstić information content (AvgIpc) is 2.40. The number of halogens is 1. The second kappa shape index (κ2) is 6.45. The summed E-state index contributed by atoms with van der Waals surface area (Å²) in [5.41, 5.74) is 0.331. The Hall–Kier alpha value is -0.980. The van der Waals surface area contributed by atoms with Crippen LogP contribution in [0.5, 0.6) is 0 Å². The van der Waals surface area contributed by atoms with Crippen molar-refractivity contribution in [2.24, 2.45) is 0 Å². The van der Waals surface area contributed by atoms with Crippen LogP contribution in [0.25, 0.3) is 0 Å². The molecule has 1 N–H and O–H groups in total. The van der Waals surface area contributed by atoms with E-state index >= 15 is 0 Å². The maximum absolute atomic E-state index is 11.4. The molecule has 0 aliphatic heterocycles. The number of carboxylic acid groups (broad SMARTS) is 1. The van der Waals surface area contributed by atoms with Crippen LogP contribution in [0.2, 0.25) is 0 Å². The van der Waals surface area contributed by atoms with E-state index in [1.165, 1.54) is 23.5 Å². The smallest absolute Gasteiger partial charge is 0.337 e. The highest BCUT2D eigenvalue weighted by atomic mass is 79.9. The van der Waals surface area contributed by atoms with Gasteiger partial charge >= 0.3 is 5.97 Å². The van der Waals surface area contributed by atoms with E-state index in [-0.39, 0.29) is 0 Å². The van der Waals surface area contributed by atoms with Gasteiger partial charge in [-0.05, 0) is 46.5 Å². The van der Waals surface area contributed by atoms with E-state index in [4.69, 9.17) is 0 Å². The molecule has 0 fully saturated rings. The Morgan fingerprint density at radius 2 is 2.00 bits per heavy atom. The van der Waals surface area contributed by atoms with E-state index in [9.17, 15) is 9.90 Å². The molecule has 0 saturated heterocycles. The third kappa shape index (κ3) is 3.32. The van der Waals surface area contributed by atoms with Crippen LogP contribution in [-0.2, 0) is 0 Å². The lowest BCUT2D eigenvalue weighted by atomic mass is 10.2. The molecular weight excluding hydrogens is 346 g/mol. The molecular formula is C13H10BrNO2S2. The standard InChI is InChI=1S/C13H10BrNO2S2/c1-18-9-5-2-6-10(11(9)13(16)17)19-12-8(14)4-3-7-15-12/h2-7H,1H3,(H,16,17). The SMILES string of the molecule is CSc1cccc(Sc2ncccc2Br)c1C(=O)O. The van der Waals surface area contributed by atoms with Crippen LogP contribution in [0.3, 0.4) is 0 Å². The van der Waals surface area contributed by atoms with E-state index in [1.54, 1.807) is 12.3 Å². The summed E-state index contributed by atoms with van der Waals surface area (Å²) in [4.78, 5) is 17.1. The number of aromatic carboxylic acids is 1. The maximum Gasteiger partial charge on any atom is 0.337 e. The molecule has 0 radical (unpaired) electrons. The molecule has 1 aromatic heterocycles. The molecule has 0 aliphatic carbocycles. The van der Waals surface area contributed by atoms with Gasteiger partial charge in [0, 0.05) is 16.0 Å². The van der Waals surface area contributed by atoms with Crippen molar-refractivity contribution in [2.75, 3.05) is 6.26 Å². The van der Waals surface area contributed by atoms with Crippen molar-refractivity contribution < 1.29 is 9.90 Å². The van der Waals surface area contributed by atoms with Gasteiger partial charge in [0.15, 0.2) is 0 Å². The number of benzene rings is 1. The highest BCUT2D eigenvalue weighted by molar-refractivity contribution is 9.10. The van der Waals surface area contributed by atoms with Crippen LogP contribution < -0.4 is 0 Å². The minimum atomic E-state index is -0.917. The number of carbonyl (C=O) groups is 1. The second-order valence-corrected chi connectivity index (χ2v) is 6.26. The number of rotatable bonds is 4. The lowest BCUT2D eigenvalue weighted by Gasteiger charge is -2.09. The van der Waals surface area contributed by atoms with Crippen LogP contribution in [0.15, 0.2) is 55.8 Å². The molecule has 98 valence electrons. The summed E-state index contributed by atoms with van der Waals surface area (Å²) in [6.07, 6.45) is 3.55. The Morgan fingerprint density at radius 1 is 1.26 bits per heavy atom. The van der Waals surface area contributed by atoms with Gasteiger partial charge in [0.25, 0.3) is 0 Å². The minimum Gasteiger partial charge on any atom is -0.478 e. The summed E-state index contributed by atoms with van der Waals surface area (Å²) in [7, 11) is 0. The van der Waals surface area contributed by atoms with Crippen LogP contribution in [0.4, 0.5) is 0 Å². The topological polar surface area (TPSA) is 50.2 Å². The molecule has 0 aliphatic rings. The van der Waals surface area contributed by atoms with E-state index in [1.807, 2.05) is 30.5 Å². The zero-order valence-electron chi connectivity index (χ0n) is 9.96. The van der Waals surface area contributed by atoms with Crippen LogP contribution in [-0.4, -0.2) is 22.3 Å². The molecule has 3 nitrogen and oxygen atoms in total. The first kappa shape index (κ1) is 14.4. The van der Waals surface area contributed by atoms with E-state index in [0.717, 1.165) is 14.4 Å². The average molecular weight is 356 g/mol. The molecule has 2 rings (SSSR count). The molecule has 1 heterocycles.